The molecule has 1 rings (SSSR count). The Kier molecular flexibility index (Phi) is 5.60. The topological polar surface area (TPSA) is 89.9 Å². The summed E-state index contributed by atoms with van der Waals surface area (Å²) in [6, 6.07) is -0.148. The van der Waals surface area contributed by atoms with Crippen molar-refractivity contribution < 1.29 is 19.8 Å². The third-order valence-electron chi connectivity index (χ3n) is 3.54. The molecule has 1 atom stereocenters. The van der Waals surface area contributed by atoms with Crippen LogP contribution >= 0.6 is 0 Å². The summed E-state index contributed by atoms with van der Waals surface area (Å²) in [4.78, 5) is 23.9. The molecule has 1 heterocycles. The van der Waals surface area contributed by atoms with Crippen molar-refractivity contribution in [3.63, 3.8) is 0 Å². The highest BCUT2D eigenvalue weighted by molar-refractivity contribution is 5.74. The summed E-state index contributed by atoms with van der Waals surface area (Å²) in [5, 5.41) is 20.8. The van der Waals surface area contributed by atoms with Gasteiger partial charge in [-0.1, -0.05) is 13.8 Å². The number of amides is 2. The minimum Gasteiger partial charge on any atom is -0.481 e. The Morgan fingerprint density at radius 3 is 2.58 bits per heavy atom. The highest BCUT2D eigenvalue weighted by atomic mass is 16.4. The average Bonchev–Trinajstić information content (AvgIpc) is 2.73. The van der Waals surface area contributed by atoms with Gasteiger partial charge in [0.25, 0.3) is 0 Å². The van der Waals surface area contributed by atoms with E-state index in [4.69, 9.17) is 5.11 Å². The van der Waals surface area contributed by atoms with Gasteiger partial charge in [0.15, 0.2) is 0 Å². The Balaban J connectivity index is 2.21. The third kappa shape index (κ3) is 5.92. The van der Waals surface area contributed by atoms with Crippen LogP contribution in [0.1, 0.15) is 39.5 Å². The van der Waals surface area contributed by atoms with Crippen molar-refractivity contribution in [1.82, 2.24) is 10.2 Å². The molecule has 1 aliphatic heterocycles. The fourth-order valence-corrected chi connectivity index (χ4v) is 2.12. The third-order valence-corrected chi connectivity index (χ3v) is 3.54. The quantitative estimate of drug-likeness (QED) is 0.674. The average molecular weight is 272 g/mol. The fourth-order valence-electron chi connectivity index (χ4n) is 2.12. The van der Waals surface area contributed by atoms with Gasteiger partial charge < -0.3 is 20.4 Å². The molecule has 0 radical (unpaired) electrons. The maximum Gasteiger partial charge on any atom is 0.317 e. The summed E-state index contributed by atoms with van der Waals surface area (Å²) in [5.74, 6) is -0.789. The van der Waals surface area contributed by atoms with E-state index in [0.29, 0.717) is 32.5 Å². The number of aliphatic hydroxyl groups is 1. The van der Waals surface area contributed by atoms with Gasteiger partial charge in [-0.2, -0.15) is 0 Å². The number of carbonyl (C=O) groups excluding carboxylic acids is 1. The standard InChI is InChI=1S/C13H24N2O4/c1-13(2,5-3-11(17)18)6-7-14-12(19)15-8-4-10(16)9-15/h10,16H,3-9H2,1-2H3,(H,14,19)(H,17,18). The van der Waals surface area contributed by atoms with Crippen LogP contribution in [0.3, 0.4) is 0 Å². The predicted octanol–water partition coefficient (Wildman–Crippen LogP) is 1.04. The highest BCUT2D eigenvalue weighted by Gasteiger charge is 2.25. The molecular formula is C13H24N2O4. The van der Waals surface area contributed by atoms with Gasteiger partial charge in [0.05, 0.1) is 6.10 Å². The normalized spacial score (nSPS) is 19.5. The van der Waals surface area contributed by atoms with Crippen LogP contribution in [0.2, 0.25) is 0 Å². The maximum atomic E-state index is 11.8. The van der Waals surface area contributed by atoms with E-state index in [9.17, 15) is 14.7 Å². The molecule has 0 saturated carbocycles. The second kappa shape index (κ2) is 6.75. The van der Waals surface area contributed by atoms with E-state index in [1.54, 1.807) is 4.90 Å². The van der Waals surface area contributed by atoms with E-state index >= 15 is 0 Å². The van der Waals surface area contributed by atoms with Crippen LogP contribution in [0.15, 0.2) is 0 Å². The van der Waals surface area contributed by atoms with Gasteiger partial charge in [-0.25, -0.2) is 4.79 Å². The van der Waals surface area contributed by atoms with Gasteiger partial charge in [0.2, 0.25) is 0 Å². The summed E-state index contributed by atoms with van der Waals surface area (Å²) < 4.78 is 0. The molecule has 110 valence electrons. The first-order valence-corrected chi connectivity index (χ1v) is 6.73. The number of aliphatic carboxylic acids is 1. The van der Waals surface area contributed by atoms with Crippen LogP contribution < -0.4 is 5.32 Å². The number of rotatable bonds is 6. The lowest BCUT2D eigenvalue weighted by molar-refractivity contribution is -0.137. The van der Waals surface area contributed by atoms with E-state index in [1.807, 2.05) is 13.8 Å². The molecule has 3 N–H and O–H groups in total. The Morgan fingerprint density at radius 2 is 2.05 bits per heavy atom. The molecule has 0 aromatic carbocycles. The van der Waals surface area contributed by atoms with E-state index in [1.165, 1.54) is 0 Å². The van der Waals surface area contributed by atoms with E-state index in [2.05, 4.69) is 5.32 Å². The largest absolute Gasteiger partial charge is 0.481 e. The highest BCUT2D eigenvalue weighted by Crippen LogP contribution is 2.26. The predicted molar refractivity (Wildman–Crippen MR) is 70.9 cm³/mol. The molecule has 6 nitrogen and oxygen atoms in total. The molecule has 1 aliphatic rings. The van der Waals surface area contributed by atoms with Crippen molar-refractivity contribution in [3.8, 4) is 0 Å². The van der Waals surface area contributed by atoms with Crippen LogP contribution in [0.25, 0.3) is 0 Å². The molecule has 19 heavy (non-hydrogen) atoms. The van der Waals surface area contributed by atoms with Crippen molar-refractivity contribution in [3.05, 3.63) is 0 Å². The zero-order valence-corrected chi connectivity index (χ0v) is 11.7. The van der Waals surface area contributed by atoms with Gasteiger partial charge >= 0.3 is 12.0 Å². The number of carbonyl (C=O) groups is 2. The van der Waals surface area contributed by atoms with Gasteiger partial charge in [0, 0.05) is 26.1 Å². The molecule has 0 aromatic heterocycles. The number of aliphatic hydroxyl groups excluding tert-OH is 1. The maximum absolute atomic E-state index is 11.8. The van der Waals surface area contributed by atoms with Gasteiger partial charge in [0.1, 0.15) is 0 Å². The molecule has 1 fully saturated rings. The first-order valence-electron chi connectivity index (χ1n) is 6.73. The first-order chi connectivity index (χ1) is 8.80. The lowest BCUT2D eigenvalue weighted by Crippen LogP contribution is -2.40. The Labute approximate surface area is 113 Å². The van der Waals surface area contributed by atoms with Crippen molar-refractivity contribution in [2.75, 3.05) is 19.6 Å². The van der Waals surface area contributed by atoms with Crippen molar-refractivity contribution in [2.24, 2.45) is 5.41 Å². The van der Waals surface area contributed by atoms with Gasteiger partial charge in [-0.3, -0.25) is 4.79 Å². The summed E-state index contributed by atoms with van der Waals surface area (Å²) in [5.41, 5.74) is -0.101. The number of carboxylic acids is 1. The molecule has 2 amide bonds. The van der Waals surface area contributed by atoms with E-state index in [0.717, 1.165) is 6.42 Å². The molecule has 1 unspecified atom stereocenters. The number of urea groups is 1. The van der Waals surface area contributed by atoms with Crippen LogP contribution in [0.4, 0.5) is 4.79 Å². The van der Waals surface area contributed by atoms with Crippen LogP contribution in [-0.4, -0.2) is 52.9 Å². The number of likely N-dealkylation sites (tertiary alicyclic amines) is 1. The van der Waals surface area contributed by atoms with Crippen molar-refractivity contribution in [1.29, 1.82) is 0 Å². The number of nitrogens with zero attached hydrogens (tertiary/aromatic N) is 1. The number of nitrogens with one attached hydrogen (secondary N) is 1. The molecule has 0 spiro atoms. The summed E-state index contributed by atoms with van der Waals surface area (Å²) in [6.07, 6.45) is 1.72. The van der Waals surface area contributed by atoms with E-state index in [-0.39, 0.29) is 17.9 Å². The monoisotopic (exact) mass is 272 g/mol. The number of β-amino-alcohol motifs (C(OH)–C–C–N with tert-alkyl or cyclic N) is 1. The van der Waals surface area contributed by atoms with Gasteiger partial charge in [-0.05, 0) is 24.7 Å². The Morgan fingerprint density at radius 1 is 1.37 bits per heavy atom. The van der Waals surface area contributed by atoms with Crippen LogP contribution in [0, 0.1) is 5.41 Å². The lowest BCUT2D eigenvalue weighted by Gasteiger charge is -2.24. The minimum atomic E-state index is -0.789. The fraction of sp³-hybridized carbons (Fsp3) is 0.846. The number of hydrogen-bond donors (Lipinski definition) is 3. The molecule has 1 saturated heterocycles. The molecule has 0 aliphatic carbocycles. The van der Waals surface area contributed by atoms with Crippen LogP contribution in [0.5, 0.6) is 0 Å². The number of carboxylic acid groups (broad SMARTS) is 1. The molecule has 0 aromatic rings. The number of hydrogen-bond acceptors (Lipinski definition) is 3. The molecule has 6 heteroatoms. The Bertz CT molecular complexity index is 331. The molecular weight excluding hydrogens is 248 g/mol. The van der Waals surface area contributed by atoms with Crippen molar-refractivity contribution in [2.45, 2.75) is 45.6 Å². The zero-order chi connectivity index (χ0) is 14.5. The van der Waals surface area contributed by atoms with Crippen molar-refractivity contribution >= 4 is 12.0 Å². The summed E-state index contributed by atoms with van der Waals surface area (Å²) in [7, 11) is 0. The van der Waals surface area contributed by atoms with E-state index < -0.39 is 12.1 Å². The zero-order valence-electron chi connectivity index (χ0n) is 11.7. The molecule has 0 bridgehead atoms. The summed E-state index contributed by atoms with van der Waals surface area (Å²) >= 11 is 0. The van der Waals surface area contributed by atoms with Gasteiger partial charge in [-0.15, -0.1) is 0 Å². The SMILES string of the molecule is CC(C)(CCNC(=O)N1CCC(O)C1)CCC(=O)O. The summed E-state index contributed by atoms with van der Waals surface area (Å²) in [6.45, 7) is 5.52. The smallest absolute Gasteiger partial charge is 0.317 e. The second-order valence-electron chi connectivity index (χ2n) is 5.93. The first kappa shape index (κ1) is 15.8. The lowest BCUT2D eigenvalue weighted by atomic mass is 9.84. The van der Waals surface area contributed by atoms with Crippen LogP contribution in [-0.2, 0) is 4.79 Å². The second-order valence-corrected chi connectivity index (χ2v) is 5.93. The Hall–Kier alpha value is -1.30. The minimum absolute atomic E-state index is 0.101.